The normalized spacial score (nSPS) is 17.5. The van der Waals surface area contributed by atoms with Gasteiger partial charge in [-0.15, -0.1) is 6.26 Å². The minimum absolute atomic E-state index is 0. The van der Waals surface area contributed by atoms with E-state index in [1.54, 1.807) is 0 Å². The van der Waals surface area contributed by atoms with Crippen molar-refractivity contribution >= 4 is 23.9 Å². The van der Waals surface area contributed by atoms with Crippen molar-refractivity contribution in [3.05, 3.63) is 56.2 Å². The van der Waals surface area contributed by atoms with E-state index in [2.05, 4.69) is 24.5 Å². The van der Waals surface area contributed by atoms with Crippen molar-refractivity contribution in [2.24, 2.45) is 5.73 Å². The smallest absolute Gasteiger partial charge is 0.878 e. The molecule has 3 fully saturated rings. The molecule has 4 rings (SSSR count). The molecule has 0 aromatic carbocycles. The SMILES string of the molecule is NC(=O)N/C=C1/CCOC1=O.O=C1CCCO1.O=C1OCC/C1=C/[O-].O=c1[nH]cc(CCO)c(=O)[nH]1.[Na+]. The third kappa shape index (κ3) is 14.1. The van der Waals surface area contributed by atoms with Gasteiger partial charge in [-0.25, -0.2) is 19.2 Å². The summed E-state index contributed by atoms with van der Waals surface area (Å²) in [4.78, 5) is 66.9. The largest absolute Gasteiger partial charge is 1.00 e. The molecule has 37 heavy (non-hydrogen) atoms. The van der Waals surface area contributed by atoms with Gasteiger partial charge in [0.15, 0.2) is 0 Å². The van der Waals surface area contributed by atoms with Crippen molar-refractivity contribution in [1.29, 1.82) is 0 Å². The molecule has 1 aromatic rings. The zero-order valence-electron chi connectivity index (χ0n) is 20.2. The van der Waals surface area contributed by atoms with Crippen LogP contribution in [0.5, 0.6) is 0 Å². The number of ether oxygens (including phenoxy) is 3. The number of hydrogen-bond donors (Lipinski definition) is 5. The van der Waals surface area contributed by atoms with Gasteiger partial charge in [-0.1, -0.05) is 0 Å². The molecule has 4 heterocycles. The molecule has 0 atom stereocenters. The molecule has 3 saturated heterocycles. The molecule has 0 aliphatic carbocycles. The van der Waals surface area contributed by atoms with Crippen molar-refractivity contribution in [2.45, 2.75) is 32.1 Å². The zero-order valence-corrected chi connectivity index (χ0v) is 22.2. The summed E-state index contributed by atoms with van der Waals surface area (Å²) in [5.74, 6) is -0.895. The summed E-state index contributed by atoms with van der Waals surface area (Å²) in [6.45, 7) is 1.28. The summed E-state index contributed by atoms with van der Waals surface area (Å²) in [6, 6.07) is -0.683. The van der Waals surface area contributed by atoms with E-state index in [0.29, 0.717) is 56.5 Å². The molecule has 0 bridgehead atoms. The number of aliphatic hydroxyl groups is 1. The zero-order chi connectivity index (χ0) is 26.9. The van der Waals surface area contributed by atoms with Crippen LogP contribution in [0.3, 0.4) is 0 Å². The van der Waals surface area contributed by atoms with E-state index in [0.717, 1.165) is 6.42 Å². The van der Waals surface area contributed by atoms with E-state index < -0.39 is 29.2 Å². The van der Waals surface area contributed by atoms with Gasteiger partial charge in [-0.05, 0) is 6.42 Å². The molecule has 0 radical (unpaired) electrons. The van der Waals surface area contributed by atoms with Crippen LogP contribution >= 0.6 is 0 Å². The molecule has 6 N–H and O–H groups in total. The van der Waals surface area contributed by atoms with Crippen LogP contribution in [-0.4, -0.2) is 65.4 Å². The fraction of sp³-hybridized carbons (Fsp3) is 0.429. The number of cyclic esters (lactones) is 3. The molecular weight excluding hydrogens is 507 g/mol. The van der Waals surface area contributed by atoms with E-state index in [4.69, 9.17) is 10.8 Å². The van der Waals surface area contributed by atoms with Crippen LogP contribution in [0.15, 0.2) is 39.4 Å². The number of primary amides is 1. The number of nitrogens with one attached hydrogen (secondary N) is 3. The molecule has 0 spiro atoms. The fourth-order valence-corrected chi connectivity index (χ4v) is 2.51. The molecule has 16 heteroatoms. The molecule has 2 amide bonds. The number of H-pyrrole nitrogens is 2. The Labute approximate surface area is 232 Å². The minimum Gasteiger partial charge on any atom is -0.878 e. The summed E-state index contributed by atoms with van der Waals surface area (Å²) >= 11 is 0. The number of aromatic nitrogens is 2. The number of esters is 3. The maximum atomic E-state index is 10.8. The first-order valence-corrected chi connectivity index (χ1v) is 10.7. The van der Waals surface area contributed by atoms with Crippen LogP contribution in [0.4, 0.5) is 4.79 Å². The molecular formula is C21H27N4NaO11. The first-order chi connectivity index (χ1) is 17.2. The molecule has 0 saturated carbocycles. The first kappa shape index (κ1) is 33.6. The van der Waals surface area contributed by atoms with Crippen LogP contribution in [-0.2, 0) is 35.0 Å². The van der Waals surface area contributed by atoms with Crippen LogP contribution in [0.2, 0.25) is 0 Å². The average molecular weight is 534 g/mol. The summed E-state index contributed by atoms with van der Waals surface area (Å²) in [5.41, 5.74) is 4.88. The Bertz CT molecular complexity index is 1090. The number of nitrogens with two attached hydrogens (primary N) is 1. The van der Waals surface area contributed by atoms with Gasteiger partial charge in [-0.2, -0.15) is 0 Å². The second-order valence-corrected chi connectivity index (χ2v) is 6.99. The van der Waals surface area contributed by atoms with Gasteiger partial charge in [0.25, 0.3) is 5.56 Å². The average Bonchev–Trinajstić information content (AvgIpc) is 3.58. The summed E-state index contributed by atoms with van der Waals surface area (Å²) in [5, 5.41) is 20.5. The third-order valence-electron chi connectivity index (χ3n) is 4.33. The number of aliphatic hydroxyl groups excluding tert-OH is 1. The number of amides is 2. The van der Waals surface area contributed by atoms with Gasteiger partial charge in [0.2, 0.25) is 0 Å². The van der Waals surface area contributed by atoms with Crippen LogP contribution in [0.25, 0.3) is 0 Å². The molecule has 3 aliphatic heterocycles. The Kier molecular flexibility index (Phi) is 17.1. The third-order valence-corrected chi connectivity index (χ3v) is 4.33. The van der Waals surface area contributed by atoms with E-state index in [9.17, 15) is 33.9 Å². The minimum atomic E-state index is -0.683. The van der Waals surface area contributed by atoms with Crippen LogP contribution < -0.4 is 57.0 Å². The second kappa shape index (κ2) is 18.8. The Hall–Kier alpha value is -3.40. The fourth-order valence-electron chi connectivity index (χ4n) is 2.51. The maximum Gasteiger partial charge on any atom is 1.00 e. The van der Waals surface area contributed by atoms with Crippen LogP contribution in [0.1, 0.15) is 31.2 Å². The van der Waals surface area contributed by atoms with E-state index >= 15 is 0 Å². The van der Waals surface area contributed by atoms with Gasteiger partial charge < -0.3 is 40.5 Å². The van der Waals surface area contributed by atoms with E-state index in [-0.39, 0.29) is 54.1 Å². The number of urea groups is 1. The molecule has 0 unspecified atom stereocenters. The predicted molar refractivity (Wildman–Crippen MR) is 119 cm³/mol. The Balaban J connectivity index is 0.000000474. The number of hydrogen-bond acceptors (Lipinski definition) is 11. The Morgan fingerprint density at radius 3 is 2.00 bits per heavy atom. The van der Waals surface area contributed by atoms with Gasteiger partial charge >= 0.3 is 59.2 Å². The van der Waals surface area contributed by atoms with Gasteiger partial charge in [0, 0.05) is 55.8 Å². The Morgan fingerprint density at radius 1 is 1.03 bits per heavy atom. The molecule has 3 aliphatic rings. The summed E-state index contributed by atoms with van der Waals surface area (Å²) in [7, 11) is 0. The Morgan fingerprint density at radius 2 is 1.65 bits per heavy atom. The van der Waals surface area contributed by atoms with Gasteiger partial charge in [0.1, 0.15) is 0 Å². The molecule has 15 nitrogen and oxygen atoms in total. The number of rotatable bonds is 3. The van der Waals surface area contributed by atoms with Crippen LogP contribution in [0, 0.1) is 0 Å². The second-order valence-electron chi connectivity index (χ2n) is 6.99. The van der Waals surface area contributed by atoms with Crippen molar-refractivity contribution in [1.82, 2.24) is 15.3 Å². The van der Waals surface area contributed by atoms with E-state index in [1.165, 1.54) is 12.4 Å². The van der Waals surface area contributed by atoms with Gasteiger partial charge in [-0.3, -0.25) is 14.6 Å². The standard InChI is InChI=1S/2C6H8N2O3.C5H6O3.C4H6O2.Na/c7-6(10)8-3-4-1-2-11-5(4)9;9-2-1-4-3-7-6(11)8-5(4)10;6-3-4-1-2-8-5(4)7;5-4-2-1-3-6-4;/h3H,1-2H2,(H3,7,8,10);3,9H,1-2H2,(H2,7,8,10,11);3,6H,1-2H2;1-3H2;/q;;;;+1/p-1/b4-3-;;4-3-;;. The summed E-state index contributed by atoms with van der Waals surface area (Å²) < 4.78 is 13.6. The number of carbonyl (C=O) groups is 4. The van der Waals surface area contributed by atoms with Crippen molar-refractivity contribution in [3.8, 4) is 0 Å². The predicted octanol–water partition coefficient (Wildman–Crippen LogP) is -5.41. The number of carbonyl (C=O) groups excluding carboxylic acids is 4. The van der Waals surface area contributed by atoms with Crippen molar-refractivity contribution < 1.29 is 73.2 Å². The quantitative estimate of drug-likeness (QED) is 0.0805. The van der Waals surface area contributed by atoms with Gasteiger partial charge in [0.05, 0.1) is 25.4 Å². The summed E-state index contributed by atoms with van der Waals surface area (Å²) in [6.07, 6.45) is 5.93. The number of aromatic amines is 2. The van der Waals surface area contributed by atoms with Crippen molar-refractivity contribution in [3.63, 3.8) is 0 Å². The monoisotopic (exact) mass is 534 g/mol. The molecule has 198 valence electrons. The van der Waals surface area contributed by atoms with Crippen molar-refractivity contribution in [2.75, 3.05) is 26.4 Å². The topological polar surface area (TPSA) is 243 Å². The maximum absolute atomic E-state index is 10.8. The first-order valence-electron chi connectivity index (χ1n) is 10.7. The molecule has 1 aromatic heterocycles. The van der Waals surface area contributed by atoms with E-state index in [1.807, 2.05) is 4.98 Å².